The van der Waals surface area contributed by atoms with Gasteiger partial charge in [0, 0.05) is 16.3 Å². The lowest BCUT2D eigenvalue weighted by Crippen LogP contribution is -2.25. The van der Waals surface area contributed by atoms with Gasteiger partial charge in [0.05, 0.1) is 17.1 Å². The van der Waals surface area contributed by atoms with E-state index in [9.17, 15) is 4.79 Å². The predicted molar refractivity (Wildman–Crippen MR) is 106 cm³/mol. The Morgan fingerprint density at radius 1 is 0.923 bits per heavy atom. The van der Waals surface area contributed by atoms with Crippen LogP contribution < -0.4 is 4.90 Å². The second-order valence-corrected chi connectivity index (χ2v) is 6.79. The van der Waals surface area contributed by atoms with Crippen LogP contribution in [0.1, 0.15) is 21.5 Å². The number of halogens is 2. The molecule has 4 rings (SSSR count). The van der Waals surface area contributed by atoms with Gasteiger partial charge in [-0.25, -0.2) is 0 Å². The molecule has 0 aromatic heterocycles. The summed E-state index contributed by atoms with van der Waals surface area (Å²) in [7, 11) is 0. The topological polar surface area (TPSA) is 32.7 Å². The lowest BCUT2D eigenvalue weighted by Gasteiger charge is -2.19. The van der Waals surface area contributed by atoms with E-state index in [2.05, 4.69) is 4.99 Å². The summed E-state index contributed by atoms with van der Waals surface area (Å²) in [5.41, 5.74) is 3.40. The molecule has 128 valence electrons. The number of carbonyl (C=O) groups is 1. The lowest BCUT2D eigenvalue weighted by molar-refractivity contribution is 0.100. The smallest absolute Gasteiger partial charge is 0.280 e. The minimum absolute atomic E-state index is 0.296. The maximum atomic E-state index is 12.8. The number of amides is 1. The number of carbonyl (C=O) groups excluding carboxylic acids is 1. The predicted octanol–water partition coefficient (Wildman–Crippen LogP) is 5.60. The molecule has 0 N–H and O–H groups in total. The number of para-hydroxylation sites is 1. The average Bonchev–Trinajstić information content (AvgIpc) is 3.01. The summed E-state index contributed by atoms with van der Waals surface area (Å²) in [5, 5.41) is 0.778. The Morgan fingerprint density at radius 2 is 1.65 bits per heavy atom. The Labute approximate surface area is 161 Å². The van der Waals surface area contributed by atoms with E-state index < -0.39 is 0 Å². The number of benzene rings is 3. The van der Waals surface area contributed by atoms with E-state index in [-0.39, 0.29) is 5.91 Å². The van der Waals surface area contributed by atoms with E-state index in [1.807, 2.05) is 59.5 Å². The molecule has 3 aromatic carbocycles. The Balaban J connectivity index is 1.80. The average molecular weight is 381 g/mol. The summed E-state index contributed by atoms with van der Waals surface area (Å²) in [6.07, 6.45) is 0. The molecule has 0 saturated heterocycles. The first-order chi connectivity index (χ1) is 12.6. The van der Waals surface area contributed by atoms with Crippen molar-refractivity contribution in [3.8, 4) is 0 Å². The summed E-state index contributed by atoms with van der Waals surface area (Å²) >= 11 is 12.1. The van der Waals surface area contributed by atoms with Gasteiger partial charge in [-0.3, -0.25) is 4.79 Å². The van der Waals surface area contributed by atoms with E-state index in [4.69, 9.17) is 23.2 Å². The third kappa shape index (κ3) is 3.12. The van der Waals surface area contributed by atoms with E-state index in [1.54, 1.807) is 18.2 Å². The molecule has 1 aliphatic heterocycles. The maximum Gasteiger partial charge on any atom is 0.280 e. The second-order valence-electron chi connectivity index (χ2n) is 5.94. The third-order valence-electron chi connectivity index (χ3n) is 4.28. The normalized spacial score (nSPS) is 14.5. The molecule has 1 amide bonds. The molecule has 3 nitrogen and oxygen atoms in total. The van der Waals surface area contributed by atoms with Crippen molar-refractivity contribution in [2.24, 2.45) is 4.99 Å². The molecule has 0 fully saturated rings. The lowest BCUT2D eigenvalue weighted by atomic mass is 10.1. The molecular weight excluding hydrogens is 367 g/mol. The number of hydrogen-bond acceptors (Lipinski definition) is 1. The highest BCUT2D eigenvalue weighted by molar-refractivity contribution is 6.37. The standard InChI is InChI=1S/C21H14Cl2N2O/c22-15-10-11-18(19(23)12-15)21(26)24-20-17-9-5-4-6-14(17)13-25(20)16-7-2-1-3-8-16/h1-12H,13H2. The molecule has 5 heteroatoms. The summed E-state index contributed by atoms with van der Waals surface area (Å²) in [6.45, 7) is 0.667. The second kappa shape index (κ2) is 6.94. The fraction of sp³-hybridized carbons (Fsp3) is 0.0476. The Bertz CT molecular complexity index is 1020. The molecule has 1 heterocycles. The van der Waals surface area contributed by atoms with Crippen LogP contribution in [0, 0.1) is 0 Å². The molecule has 1 aliphatic rings. The SMILES string of the molecule is O=C(N=C1c2ccccc2CN1c1ccccc1)c1ccc(Cl)cc1Cl. The first-order valence-corrected chi connectivity index (χ1v) is 8.88. The molecule has 26 heavy (non-hydrogen) atoms. The number of hydrogen-bond donors (Lipinski definition) is 0. The number of aliphatic imine (C=N–C) groups is 1. The molecule has 3 aromatic rings. The van der Waals surface area contributed by atoms with Gasteiger partial charge in [0.15, 0.2) is 0 Å². The molecular formula is C21H14Cl2N2O. The Morgan fingerprint density at radius 3 is 2.42 bits per heavy atom. The quantitative estimate of drug-likeness (QED) is 0.579. The van der Waals surface area contributed by atoms with Crippen molar-refractivity contribution >= 4 is 40.6 Å². The van der Waals surface area contributed by atoms with Crippen molar-refractivity contribution in [3.05, 3.63) is 99.5 Å². The number of fused-ring (bicyclic) bond motifs is 1. The first kappa shape index (κ1) is 16.8. The largest absolute Gasteiger partial charge is 0.321 e. The Kier molecular flexibility index (Phi) is 4.49. The molecule has 0 unspecified atom stereocenters. The van der Waals surface area contributed by atoms with Crippen molar-refractivity contribution in [2.45, 2.75) is 6.54 Å². The summed E-state index contributed by atoms with van der Waals surface area (Å²) in [5.74, 6) is 0.238. The van der Waals surface area contributed by atoms with Gasteiger partial charge in [-0.15, -0.1) is 0 Å². The molecule has 0 aliphatic carbocycles. The van der Waals surface area contributed by atoms with Crippen LogP contribution in [0.3, 0.4) is 0 Å². The van der Waals surface area contributed by atoms with E-state index in [0.29, 0.717) is 28.0 Å². The highest BCUT2D eigenvalue weighted by Crippen LogP contribution is 2.29. The number of anilines is 1. The van der Waals surface area contributed by atoms with Crippen molar-refractivity contribution < 1.29 is 4.79 Å². The van der Waals surface area contributed by atoms with Crippen LogP contribution in [0.2, 0.25) is 10.0 Å². The van der Waals surface area contributed by atoms with Crippen molar-refractivity contribution in [1.82, 2.24) is 0 Å². The van der Waals surface area contributed by atoms with Gasteiger partial charge >= 0.3 is 0 Å². The molecule has 0 bridgehead atoms. The van der Waals surface area contributed by atoms with Gasteiger partial charge in [-0.05, 0) is 35.9 Å². The fourth-order valence-corrected chi connectivity index (χ4v) is 3.52. The Hall–Kier alpha value is -2.62. The number of amidine groups is 1. The van der Waals surface area contributed by atoms with Gasteiger partial charge in [0.25, 0.3) is 5.91 Å². The summed E-state index contributed by atoms with van der Waals surface area (Å²) in [4.78, 5) is 19.2. The highest BCUT2D eigenvalue weighted by atomic mass is 35.5. The van der Waals surface area contributed by atoms with Gasteiger partial charge in [-0.1, -0.05) is 65.7 Å². The summed E-state index contributed by atoms with van der Waals surface area (Å²) in [6, 6.07) is 22.6. The maximum absolute atomic E-state index is 12.8. The minimum Gasteiger partial charge on any atom is -0.321 e. The van der Waals surface area contributed by atoms with Crippen LogP contribution in [-0.4, -0.2) is 11.7 Å². The number of nitrogens with zero attached hydrogens (tertiary/aromatic N) is 2. The highest BCUT2D eigenvalue weighted by Gasteiger charge is 2.27. The van der Waals surface area contributed by atoms with Gasteiger partial charge in [0.2, 0.25) is 0 Å². The number of rotatable bonds is 2. The van der Waals surface area contributed by atoms with E-state index in [0.717, 1.165) is 16.8 Å². The summed E-state index contributed by atoms with van der Waals surface area (Å²) < 4.78 is 0. The fourth-order valence-electron chi connectivity index (χ4n) is 3.03. The van der Waals surface area contributed by atoms with Crippen LogP contribution in [-0.2, 0) is 6.54 Å². The van der Waals surface area contributed by atoms with Crippen LogP contribution in [0.5, 0.6) is 0 Å². The van der Waals surface area contributed by atoms with Gasteiger partial charge in [-0.2, -0.15) is 4.99 Å². The zero-order chi connectivity index (χ0) is 18.1. The van der Waals surface area contributed by atoms with Crippen LogP contribution in [0.15, 0.2) is 77.8 Å². The van der Waals surface area contributed by atoms with E-state index >= 15 is 0 Å². The van der Waals surface area contributed by atoms with Crippen molar-refractivity contribution in [2.75, 3.05) is 4.90 Å². The molecule has 0 radical (unpaired) electrons. The molecule has 0 atom stereocenters. The van der Waals surface area contributed by atoms with Crippen molar-refractivity contribution in [3.63, 3.8) is 0 Å². The van der Waals surface area contributed by atoms with Gasteiger partial charge in [0.1, 0.15) is 5.84 Å². The zero-order valence-electron chi connectivity index (χ0n) is 13.7. The van der Waals surface area contributed by atoms with Gasteiger partial charge < -0.3 is 4.90 Å². The molecule has 0 saturated carbocycles. The van der Waals surface area contributed by atoms with E-state index in [1.165, 1.54) is 0 Å². The van der Waals surface area contributed by atoms with Crippen LogP contribution >= 0.6 is 23.2 Å². The zero-order valence-corrected chi connectivity index (χ0v) is 15.2. The third-order valence-corrected chi connectivity index (χ3v) is 4.83. The van der Waals surface area contributed by atoms with Crippen LogP contribution in [0.4, 0.5) is 5.69 Å². The molecule has 0 spiro atoms. The monoisotopic (exact) mass is 380 g/mol. The van der Waals surface area contributed by atoms with Crippen LogP contribution in [0.25, 0.3) is 0 Å². The first-order valence-electron chi connectivity index (χ1n) is 8.12. The van der Waals surface area contributed by atoms with Crippen molar-refractivity contribution in [1.29, 1.82) is 0 Å². The minimum atomic E-state index is -0.390.